The van der Waals surface area contributed by atoms with Gasteiger partial charge in [0.1, 0.15) is 17.4 Å². The van der Waals surface area contributed by atoms with Crippen molar-refractivity contribution in [1.29, 1.82) is 0 Å². The Labute approximate surface area is 160 Å². The molecule has 0 saturated heterocycles. The molecular weight excluding hydrogens is 363 g/mol. The average molecular weight is 389 g/mol. The summed E-state index contributed by atoms with van der Waals surface area (Å²) in [5, 5.41) is 0. The molecule has 0 bridgehead atoms. The Bertz CT molecular complexity index is 641. The van der Waals surface area contributed by atoms with E-state index < -0.39 is 5.54 Å². The Morgan fingerprint density at radius 1 is 1.36 bits per heavy atom. The molecule has 0 saturated carbocycles. The van der Waals surface area contributed by atoms with E-state index in [1.807, 2.05) is 25.1 Å². The van der Waals surface area contributed by atoms with Crippen LogP contribution in [0.5, 0.6) is 5.75 Å². The molecule has 25 heavy (non-hydrogen) atoms. The molecule has 0 radical (unpaired) electrons. The summed E-state index contributed by atoms with van der Waals surface area (Å²) in [6.07, 6.45) is 2.99. The molecule has 2 aliphatic heterocycles. The van der Waals surface area contributed by atoms with Gasteiger partial charge in [-0.2, -0.15) is 0 Å². The maximum atomic E-state index is 12.8. The summed E-state index contributed by atoms with van der Waals surface area (Å²) in [5.41, 5.74) is 12.4. The van der Waals surface area contributed by atoms with Crippen LogP contribution in [-0.4, -0.2) is 41.5 Å². The van der Waals surface area contributed by atoms with Crippen LogP contribution in [-0.2, 0) is 11.2 Å². The van der Waals surface area contributed by atoms with E-state index in [0.717, 1.165) is 25.0 Å². The lowest BCUT2D eigenvalue weighted by atomic mass is 9.87. The fourth-order valence-corrected chi connectivity index (χ4v) is 3.27. The molecular formula is C17H26Cl2N4O2. The van der Waals surface area contributed by atoms with Crippen LogP contribution < -0.4 is 16.2 Å². The summed E-state index contributed by atoms with van der Waals surface area (Å²) < 4.78 is 6.04. The first-order chi connectivity index (χ1) is 11.0. The highest BCUT2D eigenvalue weighted by molar-refractivity contribution is 6.03. The molecule has 2 atom stereocenters. The van der Waals surface area contributed by atoms with Crippen molar-refractivity contribution in [3.05, 3.63) is 29.8 Å². The van der Waals surface area contributed by atoms with Gasteiger partial charge < -0.3 is 16.2 Å². The summed E-state index contributed by atoms with van der Waals surface area (Å²) in [4.78, 5) is 18.5. The molecule has 0 aliphatic carbocycles. The molecule has 2 unspecified atom stereocenters. The lowest BCUT2D eigenvalue weighted by molar-refractivity contribution is -0.134. The van der Waals surface area contributed by atoms with Crippen LogP contribution in [0, 0.1) is 0 Å². The van der Waals surface area contributed by atoms with Crippen molar-refractivity contribution in [1.82, 2.24) is 4.90 Å². The van der Waals surface area contributed by atoms with Crippen molar-refractivity contribution >= 4 is 36.7 Å². The van der Waals surface area contributed by atoms with Gasteiger partial charge in [0.05, 0.1) is 6.54 Å². The molecule has 0 spiro atoms. The highest BCUT2D eigenvalue weighted by atomic mass is 35.5. The highest BCUT2D eigenvalue weighted by Gasteiger charge is 2.44. The largest absolute Gasteiger partial charge is 0.490 e. The van der Waals surface area contributed by atoms with Crippen LogP contribution >= 0.6 is 24.8 Å². The van der Waals surface area contributed by atoms with Gasteiger partial charge >= 0.3 is 0 Å². The van der Waals surface area contributed by atoms with Crippen molar-refractivity contribution in [3.8, 4) is 5.75 Å². The summed E-state index contributed by atoms with van der Waals surface area (Å²) in [5.74, 6) is 1.02. The lowest BCUT2D eigenvalue weighted by Gasteiger charge is -2.39. The van der Waals surface area contributed by atoms with Gasteiger partial charge in [-0.15, -0.1) is 24.8 Å². The van der Waals surface area contributed by atoms with Crippen molar-refractivity contribution in [3.63, 3.8) is 0 Å². The number of nitrogens with two attached hydrogens (primary N) is 2. The number of guanidine groups is 1. The fourth-order valence-electron chi connectivity index (χ4n) is 3.27. The van der Waals surface area contributed by atoms with E-state index in [9.17, 15) is 4.79 Å². The van der Waals surface area contributed by atoms with E-state index in [1.165, 1.54) is 10.5 Å². The van der Waals surface area contributed by atoms with Gasteiger partial charge in [0.25, 0.3) is 5.91 Å². The van der Waals surface area contributed by atoms with Crippen molar-refractivity contribution in [2.45, 2.75) is 44.2 Å². The van der Waals surface area contributed by atoms with Gasteiger partial charge in [-0.05, 0) is 30.9 Å². The number of para-hydroxylation sites is 1. The Hall–Kier alpha value is -1.50. The van der Waals surface area contributed by atoms with E-state index in [-0.39, 0.29) is 49.3 Å². The molecule has 0 aromatic heterocycles. The van der Waals surface area contributed by atoms with Crippen molar-refractivity contribution in [2.75, 3.05) is 13.1 Å². The minimum absolute atomic E-state index is 0. The molecule has 1 aromatic rings. The van der Waals surface area contributed by atoms with Gasteiger partial charge in [-0.3, -0.25) is 14.7 Å². The van der Waals surface area contributed by atoms with Crippen LogP contribution in [0.2, 0.25) is 0 Å². The zero-order valence-corrected chi connectivity index (χ0v) is 15.9. The number of nitrogens with zero attached hydrogens (tertiary/aromatic N) is 2. The first-order valence-corrected chi connectivity index (χ1v) is 8.19. The number of aryl methyl sites for hydroxylation is 1. The predicted octanol–water partition coefficient (Wildman–Crippen LogP) is 1.88. The SMILES string of the molecule is CCCN1C(=O)C(N)(CC2CCc3ccccc3O2)CN=C1N.Cl.Cl. The first-order valence-electron chi connectivity index (χ1n) is 8.19. The zero-order valence-electron chi connectivity index (χ0n) is 14.3. The summed E-state index contributed by atoms with van der Waals surface area (Å²) in [7, 11) is 0. The number of ether oxygens (including phenoxy) is 1. The summed E-state index contributed by atoms with van der Waals surface area (Å²) >= 11 is 0. The lowest BCUT2D eigenvalue weighted by Crippen LogP contribution is -2.64. The van der Waals surface area contributed by atoms with Gasteiger partial charge in [0.2, 0.25) is 0 Å². The third-order valence-corrected chi connectivity index (χ3v) is 4.51. The molecule has 2 heterocycles. The van der Waals surface area contributed by atoms with Crippen LogP contribution in [0.25, 0.3) is 0 Å². The van der Waals surface area contributed by atoms with E-state index in [1.54, 1.807) is 0 Å². The molecule has 140 valence electrons. The predicted molar refractivity (Wildman–Crippen MR) is 104 cm³/mol. The Morgan fingerprint density at radius 2 is 2.08 bits per heavy atom. The number of fused-ring (bicyclic) bond motifs is 1. The van der Waals surface area contributed by atoms with E-state index >= 15 is 0 Å². The number of benzene rings is 1. The average Bonchev–Trinajstić information content (AvgIpc) is 2.56. The highest BCUT2D eigenvalue weighted by Crippen LogP contribution is 2.31. The van der Waals surface area contributed by atoms with Gasteiger partial charge in [-0.25, -0.2) is 0 Å². The number of hydrogen-bond acceptors (Lipinski definition) is 5. The zero-order chi connectivity index (χ0) is 16.4. The Kier molecular flexibility index (Phi) is 7.53. The molecule has 6 nitrogen and oxygen atoms in total. The molecule has 0 fully saturated rings. The third-order valence-electron chi connectivity index (χ3n) is 4.51. The maximum Gasteiger partial charge on any atom is 0.251 e. The smallest absolute Gasteiger partial charge is 0.251 e. The first kappa shape index (κ1) is 21.5. The van der Waals surface area contributed by atoms with Gasteiger partial charge in [0, 0.05) is 13.0 Å². The standard InChI is InChI=1S/C17H24N4O2.2ClH/c1-2-9-21-15(22)17(19,11-20-16(21)18)10-13-8-7-12-5-3-4-6-14(12)23-13;;/h3-6,13H,2,7-11,19H2,1H3,(H2,18,20);2*1H. The molecule has 3 rings (SSSR count). The Morgan fingerprint density at radius 3 is 2.80 bits per heavy atom. The number of carbonyl (C=O) groups excluding carboxylic acids is 1. The second-order valence-corrected chi connectivity index (χ2v) is 6.38. The van der Waals surface area contributed by atoms with Crippen molar-refractivity contribution < 1.29 is 9.53 Å². The summed E-state index contributed by atoms with van der Waals surface area (Å²) in [6.45, 7) is 2.76. The van der Waals surface area contributed by atoms with Crippen LogP contribution in [0.15, 0.2) is 29.3 Å². The van der Waals surface area contributed by atoms with Crippen LogP contribution in [0.1, 0.15) is 31.7 Å². The third kappa shape index (κ3) is 4.37. The van der Waals surface area contributed by atoms with Gasteiger partial charge in [-0.1, -0.05) is 25.1 Å². The van der Waals surface area contributed by atoms with E-state index in [4.69, 9.17) is 16.2 Å². The number of rotatable bonds is 4. The minimum atomic E-state index is -1.03. The number of carbonyl (C=O) groups is 1. The second kappa shape index (κ2) is 8.74. The maximum absolute atomic E-state index is 12.8. The normalized spacial score (nSPS) is 25.0. The van der Waals surface area contributed by atoms with Crippen LogP contribution in [0.4, 0.5) is 0 Å². The molecule has 8 heteroatoms. The molecule has 1 aromatic carbocycles. The van der Waals surface area contributed by atoms with Crippen LogP contribution in [0.3, 0.4) is 0 Å². The monoisotopic (exact) mass is 388 g/mol. The number of amides is 1. The number of halogens is 2. The number of aliphatic imine (C=N–C) groups is 1. The topological polar surface area (TPSA) is 93.9 Å². The number of hydrogen-bond donors (Lipinski definition) is 2. The fraction of sp³-hybridized carbons (Fsp3) is 0.529. The minimum Gasteiger partial charge on any atom is -0.490 e. The quantitative estimate of drug-likeness (QED) is 0.822. The van der Waals surface area contributed by atoms with Crippen molar-refractivity contribution in [2.24, 2.45) is 16.5 Å². The molecule has 2 aliphatic rings. The molecule has 4 N–H and O–H groups in total. The van der Waals surface area contributed by atoms with Gasteiger partial charge in [0.15, 0.2) is 5.96 Å². The summed E-state index contributed by atoms with van der Waals surface area (Å²) in [6, 6.07) is 8.01. The second-order valence-electron chi connectivity index (χ2n) is 6.38. The van der Waals surface area contributed by atoms with E-state index in [0.29, 0.717) is 13.0 Å². The van der Waals surface area contributed by atoms with E-state index in [2.05, 4.69) is 11.1 Å². The molecule has 1 amide bonds. The Balaban J connectivity index is 0.00000156.